The first-order valence-electron chi connectivity index (χ1n) is 9.33. The highest BCUT2D eigenvalue weighted by atomic mass is 32.2. The number of alkyl halides is 2. The molecule has 0 bridgehead atoms. The summed E-state index contributed by atoms with van der Waals surface area (Å²) in [4.78, 5) is 22.4. The van der Waals surface area contributed by atoms with Crippen LogP contribution in [0.4, 0.5) is 14.6 Å². The summed E-state index contributed by atoms with van der Waals surface area (Å²) in [6.07, 6.45) is 2.29. The van der Waals surface area contributed by atoms with Gasteiger partial charge in [0.2, 0.25) is 0 Å². The third-order valence-electron chi connectivity index (χ3n) is 4.28. The molecule has 2 aromatic rings. The van der Waals surface area contributed by atoms with E-state index in [9.17, 15) is 13.6 Å². The average molecular weight is 449 g/mol. The number of carbonyl (C=O) groups is 1. The van der Waals surface area contributed by atoms with Gasteiger partial charge >= 0.3 is 6.61 Å². The largest absolute Gasteiger partial charge is 0.435 e. The smallest absolute Gasteiger partial charge is 0.387 e. The fourth-order valence-corrected chi connectivity index (χ4v) is 3.59. The molecule has 1 unspecified atom stereocenters. The van der Waals surface area contributed by atoms with E-state index in [0.717, 1.165) is 30.5 Å². The minimum Gasteiger partial charge on any atom is -0.435 e. The van der Waals surface area contributed by atoms with Gasteiger partial charge in [0.25, 0.3) is 5.91 Å². The first kappa shape index (κ1) is 22.4. The molecule has 1 atom stereocenters. The zero-order chi connectivity index (χ0) is 22.2. The molecule has 4 N–H and O–H groups in total. The number of amides is 1. The zero-order valence-electron chi connectivity index (χ0n) is 16.4. The number of benzene rings is 1. The van der Waals surface area contributed by atoms with Crippen molar-refractivity contribution in [3.05, 3.63) is 48.2 Å². The Balaban J connectivity index is 1.52. The molecule has 2 heterocycles. The summed E-state index contributed by atoms with van der Waals surface area (Å²) in [7, 11) is 0. The van der Waals surface area contributed by atoms with E-state index in [1.165, 1.54) is 18.2 Å². The van der Waals surface area contributed by atoms with Gasteiger partial charge in [-0.25, -0.2) is 0 Å². The second-order valence-electron chi connectivity index (χ2n) is 6.59. The molecular weight excluding hydrogens is 428 g/mol. The maximum absolute atomic E-state index is 12.3. The van der Waals surface area contributed by atoms with Crippen molar-refractivity contribution in [2.24, 2.45) is 21.5 Å². The van der Waals surface area contributed by atoms with Crippen LogP contribution in [0.25, 0.3) is 0 Å². The SMILES string of the molecule is NC(=NC(=O)Cc1cccc(OC(F)F)c1)SC(N)=NC1CCN(c2cccnn2)C1. The monoisotopic (exact) mass is 449 g/mol. The lowest BCUT2D eigenvalue weighted by Gasteiger charge is -2.15. The molecule has 3 rings (SSSR count). The number of thioether (sulfide) groups is 1. The Morgan fingerprint density at radius 2 is 2.13 bits per heavy atom. The van der Waals surface area contributed by atoms with Crippen LogP contribution < -0.4 is 21.1 Å². The van der Waals surface area contributed by atoms with E-state index in [4.69, 9.17) is 11.5 Å². The molecule has 0 spiro atoms. The topological polar surface area (TPSA) is 132 Å². The van der Waals surface area contributed by atoms with Gasteiger partial charge < -0.3 is 21.1 Å². The first-order chi connectivity index (χ1) is 14.9. The number of aromatic nitrogens is 2. The quantitative estimate of drug-likeness (QED) is 0.504. The third kappa shape index (κ3) is 7.17. The maximum Gasteiger partial charge on any atom is 0.387 e. The van der Waals surface area contributed by atoms with Gasteiger partial charge in [-0.15, -0.1) is 5.10 Å². The van der Waals surface area contributed by atoms with Gasteiger partial charge in [-0.3, -0.25) is 9.79 Å². The van der Waals surface area contributed by atoms with Crippen LogP contribution >= 0.6 is 11.8 Å². The van der Waals surface area contributed by atoms with Gasteiger partial charge in [0, 0.05) is 19.3 Å². The molecule has 1 amide bonds. The molecule has 1 aromatic heterocycles. The van der Waals surface area contributed by atoms with Gasteiger partial charge in [0.15, 0.2) is 16.2 Å². The van der Waals surface area contributed by atoms with Crippen LogP contribution in [-0.4, -0.2) is 52.2 Å². The van der Waals surface area contributed by atoms with Crippen molar-refractivity contribution in [2.45, 2.75) is 25.5 Å². The molecule has 1 saturated heterocycles. The van der Waals surface area contributed by atoms with Crippen molar-refractivity contribution in [3.63, 3.8) is 0 Å². The van der Waals surface area contributed by atoms with E-state index < -0.39 is 12.5 Å². The van der Waals surface area contributed by atoms with Crippen molar-refractivity contribution >= 4 is 33.8 Å². The molecule has 9 nitrogen and oxygen atoms in total. The number of aliphatic imine (C=N–C) groups is 2. The Labute approximate surface area is 181 Å². The number of ether oxygens (including phenoxy) is 1. The number of hydrogen-bond acceptors (Lipinski definition) is 7. The Bertz CT molecular complexity index is 959. The average Bonchev–Trinajstić information content (AvgIpc) is 3.16. The van der Waals surface area contributed by atoms with E-state index in [-0.39, 0.29) is 28.5 Å². The Morgan fingerprint density at radius 1 is 1.29 bits per heavy atom. The summed E-state index contributed by atoms with van der Waals surface area (Å²) in [6.45, 7) is -1.51. The summed E-state index contributed by atoms with van der Waals surface area (Å²) >= 11 is 0.898. The van der Waals surface area contributed by atoms with E-state index in [1.54, 1.807) is 12.3 Å². The molecule has 1 aliphatic heterocycles. The molecule has 0 saturated carbocycles. The van der Waals surface area contributed by atoms with Crippen LogP contribution in [-0.2, 0) is 11.2 Å². The van der Waals surface area contributed by atoms with Crippen LogP contribution in [0.5, 0.6) is 5.75 Å². The molecule has 0 radical (unpaired) electrons. The lowest BCUT2D eigenvalue weighted by atomic mass is 10.1. The van der Waals surface area contributed by atoms with Crippen molar-refractivity contribution in [1.82, 2.24) is 10.2 Å². The molecule has 0 aliphatic carbocycles. The van der Waals surface area contributed by atoms with Gasteiger partial charge in [-0.2, -0.15) is 18.9 Å². The first-order valence-corrected chi connectivity index (χ1v) is 10.1. The number of nitrogens with zero attached hydrogens (tertiary/aromatic N) is 5. The fraction of sp³-hybridized carbons (Fsp3) is 0.316. The van der Waals surface area contributed by atoms with E-state index >= 15 is 0 Å². The Morgan fingerprint density at radius 3 is 2.87 bits per heavy atom. The van der Waals surface area contributed by atoms with Crippen molar-refractivity contribution in [3.8, 4) is 5.75 Å². The minimum absolute atomic E-state index is 0.0319. The van der Waals surface area contributed by atoms with Crippen LogP contribution in [0.3, 0.4) is 0 Å². The normalized spacial score (nSPS) is 17.3. The molecule has 31 heavy (non-hydrogen) atoms. The van der Waals surface area contributed by atoms with Crippen LogP contribution in [0, 0.1) is 0 Å². The number of halogens is 2. The second-order valence-corrected chi connectivity index (χ2v) is 7.63. The van der Waals surface area contributed by atoms with Crippen LogP contribution in [0.2, 0.25) is 0 Å². The van der Waals surface area contributed by atoms with Gasteiger partial charge in [-0.05, 0) is 48.0 Å². The molecule has 1 fully saturated rings. The van der Waals surface area contributed by atoms with E-state index in [0.29, 0.717) is 12.1 Å². The minimum atomic E-state index is -2.94. The number of nitrogens with two attached hydrogens (primary N) is 2. The molecule has 12 heteroatoms. The van der Waals surface area contributed by atoms with Crippen molar-refractivity contribution in [1.29, 1.82) is 0 Å². The van der Waals surface area contributed by atoms with Crippen molar-refractivity contribution < 1.29 is 18.3 Å². The van der Waals surface area contributed by atoms with Gasteiger partial charge in [0.05, 0.1) is 12.5 Å². The molecule has 1 aromatic carbocycles. The number of rotatable bonds is 6. The number of amidine groups is 2. The van der Waals surface area contributed by atoms with Crippen molar-refractivity contribution in [2.75, 3.05) is 18.0 Å². The second kappa shape index (κ2) is 10.7. The maximum atomic E-state index is 12.3. The highest BCUT2D eigenvalue weighted by Crippen LogP contribution is 2.20. The zero-order valence-corrected chi connectivity index (χ0v) is 17.2. The van der Waals surface area contributed by atoms with Gasteiger partial charge in [-0.1, -0.05) is 12.1 Å². The highest BCUT2D eigenvalue weighted by molar-refractivity contribution is 8.26. The number of hydrogen-bond donors (Lipinski definition) is 2. The summed E-state index contributed by atoms with van der Waals surface area (Å²) in [5.74, 6) is 0.206. The summed E-state index contributed by atoms with van der Waals surface area (Å²) in [5.41, 5.74) is 12.2. The Hall–Kier alpha value is -3.28. The lowest BCUT2D eigenvalue weighted by molar-refractivity contribution is -0.117. The lowest BCUT2D eigenvalue weighted by Crippen LogP contribution is -2.24. The Kier molecular flexibility index (Phi) is 7.70. The summed E-state index contributed by atoms with van der Waals surface area (Å²) in [6, 6.07) is 9.51. The van der Waals surface area contributed by atoms with Gasteiger partial charge in [0.1, 0.15) is 5.75 Å². The van der Waals surface area contributed by atoms with Crippen LogP contribution in [0.1, 0.15) is 12.0 Å². The predicted octanol–water partition coefficient (Wildman–Crippen LogP) is 1.79. The van der Waals surface area contributed by atoms with E-state index in [2.05, 4.69) is 29.8 Å². The summed E-state index contributed by atoms with van der Waals surface area (Å²) in [5, 5.41) is 8.10. The molecule has 164 valence electrons. The third-order valence-corrected chi connectivity index (χ3v) is 4.89. The summed E-state index contributed by atoms with van der Waals surface area (Å²) < 4.78 is 28.9. The molecule has 1 aliphatic rings. The predicted molar refractivity (Wildman–Crippen MR) is 115 cm³/mol. The number of carbonyl (C=O) groups excluding carboxylic acids is 1. The highest BCUT2D eigenvalue weighted by Gasteiger charge is 2.23. The van der Waals surface area contributed by atoms with Crippen LogP contribution in [0.15, 0.2) is 52.6 Å². The number of anilines is 1. The molecular formula is C19H21F2N7O2S. The fourth-order valence-electron chi connectivity index (χ4n) is 3.02. The van der Waals surface area contributed by atoms with E-state index in [1.807, 2.05) is 12.1 Å². The standard InChI is InChI=1S/C19H21F2N7O2S/c20-17(21)30-14-4-1-3-12(9-14)10-16(29)26-19(23)31-18(22)25-13-6-8-28(11-13)15-5-2-7-24-27-15/h1-5,7,9,13,17H,6,8,10-11H2,(H2,22,25)(H2,23,26,29).